The number of likely N-dealkylation sites (tertiary alicyclic amines) is 1. The third-order valence-corrected chi connectivity index (χ3v) is 6.15. The number of aryl methyl sites for hydroxylation is 1. The quantitative estimate of drug-likeness (QED) is 0.613. The molecule has 4 nitrogen and oxygen atoms in total. The van der Waals surface area contributed by atoms with Crippen molar-refractivity contribution in [2.24, 2.45) is 5.92 Å². The van der Waals surface area contributed by atoms with Gasteiger partial charge in [0, 0.05) is 37.5 Å². The summed E-state index contributed by atoms with van der Waals surface area (Å²) in [5.41, 5.74) is 2.21. The Morgan fingerprint density at radius 3 is 2.60 bits per heavy atom. The Hall–Kier alpha value is -2.33. The standard InChI is InChI=1S/C25H31ClN2O2/c26-23-13-5-4-12-22(23)18-27-24(29)16-15-21-11-7-17-28(19-21)25(30)14-6-10-20-8-2-1-3-9-20/h1-5,8-9,12-13,21H,6-7,10-11,14-19H2,(H,27,29). The lowest BCUT2D eigenvalue weighted by Crippen LogP contribution is -2.40. The van der Waals surface area contributed by atoms with Crippen LogP contribution in [0.2, 0.25) is 5.02 Å². The summed E-state index contributed by atoms with van der Waals surface area (Å²) in [5.74, 6) is 0.697. The lowest BCUT2D eigenvalue weighted by Gasteiger charge is -2.33. The highest BCUT2D eigenvalue weighted by Crippen LogP contribution is 2.22. The molecule has 1 unspecified atom stereocenters. The zero-order valence-corrected chi connectivity index (χ0v) is 18.2. The van der Waals surface area contributed by atoms with Crippen LogP contribution < -0.4 is 5.32 Å². The fraction of sp³-hybridized carbons (Fsp3) is 0.440. The van der Waals surface area contributed by atoms with E-state index in [1.807, 2.05) is 47.4 Å². The van der Waals surface area contributed by atoms with E-state index in [4.69, 9.17) is 11.6 Å². The van der Waals surface area contributed by atoms with E-state index in [9.17, 15) is 9.59 Å². The molecule has 1 atom stereocenters. The van der Waals surface area contributed by atoms with Gasteiger partial charge >= 0.3 is 0 Å². The van der Waals surface area contributed by atoms with Crippen LogP contribution in [0.15, 0.2) is 54.6 Å². The van der Waals surface area contributed by atoms with Crippen LogP contribution in [0.25, 0.3) is 0 Å². The molecule has 0 radical (unpaired) electrons. The first kappa shape index (κ1) is 22.4. The number of piperidine rings is 1. The van der Waals surface area contributed by atoms with E-state index >= 15 is 0 Å². The molecule has 0 spiro atoms. The van der Waals surface area contributed by atoms with Gasteiger partial charge in [-0.2, -0.15) is 0 Å². The molecule has 0 bridgehead atoms. The van der Waals surface area contributed by atoms with Gasteiger partial charge in [-0.3, -0.25) is 9.59 Å². The fourth-order valence-corrected chi connectivity index (χ4v) is 4.24. The van der Waals surface area contributed by atoms with Crippen LogP contribution in [-0.2, 0) is 22.6 Å². The average molecular weight is 427 g/mol. The zero-order valence-electron chi connectivity index (χ0n) is 17.5. The number of benzene rings is 2. The van der Waals surface area contributed by atoms with Gasteiger partial charge in [0.25, 0.3) is 0 Å². The average Bonchev–Trinajstić information content (AvgIpc) is 2.78. The molecule has 2 aromatic rings. The van der Waals surface area contributed by atoms with Gasteiger partial charge in [0.2, 0.25) is 11.8 Å². The van der Waals surface area contributed by atoms with Crippen LogP contribution in [0.4, 0.5) is 0 Å². The minimum Gasteiger partial charge on any atom is -0.352 e. The maximum atomic E-state index is 12.6. The van der Waals surface area contributed by atoms with E-state index in [0.717, 1.165) is 50.8 Å². The number of hydrogen-bond acceptors (Lipinski definition) is 2. The molecular formula is C25H31ClN2O2. The van der Waals surface area contributed by atoms with Gasteiger partial charge in [-0.15, -0.1) is 0 Å². The summed E-state index contributed by atoms with van der Waals surface area (Å²) >= 11 is 6.13. The third kappa shape index (κ3) is 7.17. The molecule has 1 aliphatic rings. The summed E-state index contributed by atoms with van der Waals surface area (Å²) in [6.45, 7) is 2.08. The van der Waals surface area contributed by atoms with Gasteiger partial charge in [0.1, 0.15) is 0 Å². The number of halogens is 1. The lowest BCUT2D eigenvalue weighted by atomic mass is 9.93. The molecule has 160 valence electrons. The molecule has 2 aromatic carbocycles. The number of carbonyl (C=O) groups excluding carboxylic acids is 2. The molecule has 1 heterocycles. The first-order valence-corrected chi connectivity index (χ1v) is 11.3. The summed E-state index contributed by atoms with van der Waals surface area (Å²) < 4.78 is 0. The maximum absolute atomic E-state index is 12.6. The molecule has 2 amide bonds. The van der Waals surface area contributed by atoms with Crippen LogP contribution >= 0.6 is 11.6 Å². The maximum Gasteiger partial charge on any atom is 0.222 e. The fourth-order valence-electron chi connectivity index (χ4n) is 4.03. The first-order chi connectivity index (χ1) is 14.6. The summed E-state index contributed by atoms with van der Waals surface area (Å²) in [5, 5.41) is 3.63. The summed E-state index contributed by atoms with van der Waals surface area (Å²) in [7, 11) is 0. The molecule has 30 heavy (non-hydrogen) atoms. The van der Waals surface area contributed by atoms with Gasteiger partial charge in [-0.05, 0) is 55.2 Å². The number of carbonyl (C=O) groups is 2. The number of nitrogens with zero attached hydrogens (tertiary/aromatic N) is 1. The summed E-state index contributed by atoms with van der Waals surface area (Å²) in [6.07, 6.45) is 5.85. The topological polar surface area (TPSA) is 49.4 Å². The second kappa shape index (κ2) is 11.8. The highest BCUT2D eigenvalue weighted by molar-refractivity contribution is 6.31. The molecule has 3 rings (SSSR count). The molecule has 5 heteroatoms. The van der Waals surface area contributed by atoms with Gasteiger partial charge in [-0.1, -0.05) is 60.1 Å². The Morgan fingerprint density at radius 1 is 1.03 bits per heavy atom. The van der Waals surface area contributed by atoms with Crippen LogP contribution in [0.5, 0.6) is 0 Å². The number of nitrogens with one attached hydrogen (secondary N) is 1. The van der Waals surface area contributed by atoms with Crippen LogP contribution in [0, 0.1) is 5.92 Å². The number of hydrogen-bond donors (Lipinski definition) is 1. The predicted molar refractivity (Wildman–Crippen MR) is 121 cm³/mol. The van der Waals surface area contributed by atoms with E-state index in [-0.39, 0.29) is 11.8 Å². The van der Waals surface area contributed by atoms with Crippen molar-refractivity contribution in [3.63, 3.8) is 0 Å². The van der Waals surface area contributed by atoms with Crippen molar-refractivity contribution in [3.8, 4) is 0 Å². The SMILES string of the molecule is O=C(CCC1CCCN(C(=O)CCCc2ccccc2)C1)NCc1ccccc1Cl. The van der Waals surface area contributed by atoms with E-state index in [1.165, 1.54) is 5.56 Å². The number of rotatable bonds is 9. The van der Waals surface area contributed by atoms with E-state index in [0.29, 0.717) is 30.3 Å². The van der Waals surface area contributed by atoms with Crippen molar-refractivity contribution in [1.82, 2.24) is 10.2 Å². The predicted octanol–water partition coefficient (Wildman–Crippen LogP) is 5.00. The van der Waals surface area contributed by atoms with Gasteiger partial charge < -0.3 is 10.2 Å². The van der Waals surface area contributed by atoms with E-state index < -0.39 is 0 Å². The minimum absolute atomic E-state index is 0.0428. The van der Waals surface area contributed by atoms with E-state index in [2.05, 4.69) is 17.4 Å². The Morgan fingerprint density at radius 2 is 1.80 bits per heavy atom. The monoisotopic (exact) mass is 426 g/mol. The van der Waals surface area contributed by atoms with Gasteiger partial charge in [0.15, 0.2) is 0 Å². The minimum atomic E-state index is 0.0428. The Kier molecular flexibility index (Phi) is 8.76. The summed E-state index contributed by atoms with van der Waals surface area (Å²) in [4.78, 5) is 26.8. The molecule has 0 aromatic heterocycles. The van der Waals surface area contributed by atoms with Crippen molar-refractivity contribution < 1.29 is 9.59 Å². The molecular weight excluding hydrogens is 396 g/mol. The normalized spacial score (nSPS) is 16.3. The molecule has 1 N–H and O–H groups in total. The second-order valence-electron chi connectivity index (χ2n) is 8.09. The van der Waals surface area contributed by atoms with Crippen molar-refractivity contribution in [2.45, 2.75) is 51.5 Å². The van der Waals surface area contributed by atoms with Crippen molar-refractivity contribution >= 4 is 23.4 Å². The van der Waals surface area contributed by atoms with Crippen LogP contribution in [-0.4, -0.2) is 29.8 Å². The van der Waals surface area contributed by atoms with E-state index in [1.54, 1.807) is 0 Å². The van der Waals surface area contributed by atoms with Crippen molar-refractivity contribution in [2.75, 3.05) is 13.1 Å². The van der Waals surface area contributed by atoms with Crippen LogP contribution in [0.1, 0.15) is 49.7 Å². The molecule has 1 fully saturated rings. The molecule has 1 saturated heterocycles. The van der Waals surface area contributed by atoms with Gasteiger partial charge in [0.05, 0.1) is 0 Å². The number of amides is 2. The first-order valence-electron chi connectivity index (χ1n) is 10.9. The molecule has 0 saturated carbocycles. The molecule has 1 aliphatic heterocycles. The Bertz CT molecular complexity index is 825. The molecule has 0 aliphatic carbocycles. The highest BCUT2D eigenvalue weighted by Gasteiger charge is 2.23. The second-order valence-corrected chi connectivity index (χ2v) is 8.50. The Balaban J connectivity index is 1.35. The van der Waals surface area contributed by atoms with Crippen LogP contribution in [0.3, 0.4) is 0 Å². The smallest absolute Gasteiger partial charge is 0.222 e. The van der Waals surface area contributed by atoms with Crippen molar-refractivity contribution in [1.29, 1.82) is 0 Å². The van der Waals surface area contributed by atoms with Crippen molar-refractivity contribution in [3.05, 3.63) is 70.7 Å². The third-order valence-electron chi connectivity index (χ3n) is 5.78. The lowest BCUT2D eigenvalue weighted by molar-refractivity contribution is -0.133. The Labute approximate surface area is 184 Å². The highest BCUT2D eigenvalue weighted by atomic mass is 35.5. The largest absolute Gasteiger partial charge is 0.352 e. The summed E-state index contributed by atoms with van der Waals surface area (Å²) in [6, 6.07) is 17.9. The van der Waals surface area contributed by atoms with Gasteiger partial charge in [-0.25, -0.2) is 0 Å². The zero-order chi connectivity index (χ0) is 21.2.